The van der Waals surface area contributed by atoms with E-state index in [2.05, 4.69) is 55.8 Å². The first kappa shape index (κ1) is 23.3. The largest absolute Gasteiger partial charge is 0.493 e. The quantitative estimate of drug-likeness (QED) is 0.210. The second-order valence-electron chi connectivity index (χ2n) is 8.13. The fraction of sp³-hybridized carbons (Fsp3) is 0.739. The van der Waals surface area contributed by atoms with E-state index in [1.54, 1.807) is 0 Å². The van der Waals surface area contributed by atoms with Crippen LogP contribution >= 0.6 is 15.9 Å². The molecule has 3 heteroatoms. The maximum Gasteiger partial charge on any atom is 0.123 e. The molecule has 0 aliphatic carbocycles. The Morgan fingerprint density at radius 2 is 1.15 bits per heavy atom. The predicted octanol–water partition coefficient (Wildman–Crippen LogP) is 7.77. The molecule has 0 unspecified atom stereocenters. The maximum atomic E-state index is 5.97. The number of alkyl halides is 1. The van der Waals surface area contributed by atoms with Crippen molar-refractivity contribution in [2.45, 2.75) is 84.4 Å². The highest BCUT2D eigenvalue weighted by molar-refractivity contribution is 9.08. The lowest BCUT2D eigenvalue weighted by Gasteiger charge is -2.12. The van der Waals surface area contributed by atoms with Crippen LogP contribution in [0.15, 0.2) is 18.2 Å². The summed E-state index contributed by atoms with van der Waals surface area (Å²) in [6.45, 7) is 10.7. The average Bonchev–Trinajstić information content (AvgIpc) is 2.60. The topological polar surface area (TPSA) is 18.5 Å². The summed E-state index contributed by atoms with van der Waals surface area (Å²) in [5.41, 5.74) is 1.21. The minimum Gasteiger partial charge on any atom is -0.493 e. The molecule has 1 aromatic rings. The van der Waals surface area contributed by atoms with E-state index in [4.69, 9.17) is 9.47 Å². The molecule has 1 rings (SSSR count). The zero-order valence-electron chi connectivity index (χ0n) is 17.4. The lowest BCUT2D eigenvalue weighted by molar-refractivity contribution is 0.288. The highest BCUT2D eigenvalue weighted by Gasteiger charge is 2.04. The van der Waals surface area contributed by atoms with Crippen molar-refractivity contribution in [2.75, 3.05) is 13.2 Å². The number of hydrogen-bond donors (Lipinski definition) is 0. The zero-order chi connectivity index (χ0) is 19.2. The fourth-order valence-electron chi connectivity index (χ4n) is 2.92. The SMILES string of the molecule is CC(C)CCCCCOc1cc(CBr)cc(OCCCCCC(C)C)c1. The normalized spacial score (nSPS) is 11.3. The van der Waals surface area contributed by atoms with Crippen LogP contribution in [0, 0.1) is 11.8 Å². The van der Waals surface area contributed by atoms with E-state index >= 15 is 0 Å². The number of halogens is 1. The van der Waals surface area contributed by atoms with Gasteiger partial charge in [0, 0.05) is 11.4 Å². The summed E-state index contributed by atoms with van der Waals surface area (Å²) in [6, 6.07) is 6.26. The molecule has 0 spiro atoms. The number of rotatable bonds is 15. The van der Waals surface area contributed by atoms with Gasteiger partial charge in [-0.3, -0.25) is 0 Å². The van der Waals surface area contributed by atoms with E-state index in [1.807, 2.05) is 6.07 Å². The molecular weight excluding hydrogens is 388 g/mol. The first-order valence-electron chi connectivity index (χ1n) is 10.5. The lowest BCUT2D eigenvalue weighted by Crippen LogP contribution is -2.01. The predicted molar refractivity (Wildman–Crippen MR) is 117 cm³/mol. The summed E-state index contributed by atoms with van der Waals surface area (Å²) in [6.07, 6.45) is 9.96. The van der Waals surface area contributed by atoms with Gasteiger partial charge in [-0.25, -0.2) is 0 Å². The standard InChI is InChI=1S/C23H39BrO2/c1-19(2)11-7-5-9-13-25-22-15-21(18-24)16-23(17-22)26-14-10-6-8-12-20(3)4/h15-17,19-20H,5-14,18H2,1-4H3. The van der Waals surface area contributed by atoms with Crippen LogP contribution in [0.5, 0.6) is 11.5 Å². The van der Waals surface area contributed by atoms with Crippen molar-refractivity contribution in [3.05, 3.63) is 23.8 Å². The van der Waals surface area contributed by atoms with Crippen LogP contribution in [-0.4, -0.2) is 13.2 Å². The van der Waals surface area contributed by atoms with E-state index < -0.39 is 0 Å². The molecule has 1 aromatic carbocycles. The maximum absolute atomic E-state index is 5.97. The van der Waals surface area contributed by atoms with E-state index in [1.165, 1.54) is 44.1 Å². The Morgan fingerprint density at radius 1 is 0.692 bits per heavy atom. The lowest BCUT2D eigenvalue weighted by atomic mass is 10.1. The Labute approximate surface area is 170 Å². The number of ether oxygens (including phenoxy) is 2. The van der Waals surface area contributed by atoms with Crippen molar-refractivity contribution in [3.8, 4) is 11.5 Å². The molecule has 0 radical (unpaired) electrons. The number of benzene rings is 1. The van der Waals surface area contributed by atoms with Gasteiger partial charge >= 0.3 is 0 Å². The molecule has 0 N–H and O–H groups in total. The Morgan fingerprint density at radius 3 is 1.54 bits per heavy atom. The van der Waals surface area contributed by atoms with Gasteiger partial charge in [0.25, 0.3) is 0 Å². The molecule has 2 nitrogen and oxygen atoms in total. The molecular formula is C23H39BrO2. The van der Waals surface area contributed by atoms with E-state index in [0.29, 0.717) is 0 Å². The van der Waals surface area contributed by atoms with Gasteiger partial charge in [0.05, 0.1) is 13.2 Å². The third-order valence-electron chi connectivity index (χ3n) is 4.48. The van der Waals surface area contributed by atoms with Gasteiger partial charge in [-0.2, -0.15) is 0 Å². The van der Waals surface area contributed by atoms with Crippen LogP contribution in [-0.2, 0) is 5.33 Å². The summed E-state index contributed by atoms with van der Waals surface area (Å²) in [5, 5.41) is 0.823. The van der Waals surface area contributed by atoms with Crippen LogP contribution in [0.3, 0.4) is 0 Å². The van der Waals surface area contributed by atoms with E-state index in [9.17, 15) is 0 Å². The Hall–Kier alpha value is -0.700. The van der Waals surface area contributed by atoms with Crippen LogP contribution < -0.4 is 9.47 Å². The summed E-state index contributed by atoms with van der Waals surface area (Å²) in [7, 11) is 0. The van der Waals surface area contributed by atoms with Crippen LogP contribution in [0.2, 0.25) is 0 Å². The Kier molecular flexibility index (Phi) is 12.9. The summed E-state index contributed by atoms with van der Waals surface area (Å²) in [5.74, 6) is 3.47. The van der Waals surface area contributed by atoms with Crippen molar-refractivity contribution in [2.24, 2.45) is 11.8 Å². The van der Waals surface area contributed by atoms with Crippen LogP contribution in [0.1, 0.15) is 84.6 Å². The molecule has 0 aromatic heterocycles. The molecule has 26 heavy (non-hydrogen) atoms. The van der Waals surface area contributed by atoms with Gasteiger partial charge in [-0.05, 0) is 42.4 Å². The monoisotopic (exact) mass is 426 g/mol. The molecule has 0 heterocycles. The molecule has 0 amide bonds. The second kappa shape index (κ2) is 14.4. The third-order valence-corrected chi connectivity index (χ3v) is 5.13. The highest BCUT2D eigenvalue weighted by Crippen LogP contribution is 2.25. The van der Waals surface area contributed by atoms with E-state index in [0.717, 1.165) is 54.7 Å². The van der Waals surface area contributed by atoms with Crippen LogP contribution in [0.25, 0.3) is 0 Å². The third kappa shape index (κ3) is 11.8. The molecule has 0 aliphatic rings. The number of hydrogen-bond acceptors (Lipinski definition) is 2. The molecule has 0 bridgehead atoms. The highest BCUT2D eigenvalue weighted by atomic mass is 79.9. The van der Waals surface area contributed by atoms with Gasteiger partial charge in [0.1, 0.15) is 11.5 Å². The van der Waals surface area contributed by atoms with Gasteiger partial charge < -0.3 is 9.47 Å². The Balaban J connectivity index is 2.32. The summed E-state index contributed by atoms with van der Waals surface area (Å²) >= 11 is 3.55. The zero-order valence-corrected chi connectivity index (χ0v) is 18.9. The van der Waals surface area contributed by atoms with E-state index in [-0.39, 0.29) is 0 Å². The Bertz CT molecular complexity index is 433. The van der Waals surface area contributed by atoms with Crippen molar-refractivity contribution in [3.63, 3.8) is 0 Å². The minimum atomic E-state index is 0.790. The van der Waals surface area contributed by atoms with Crippen molar-refractivity contribution >= 4 is 15.9 Å². The van der Waals surface area contributed by atoms with Crippen molar-refractivity contribution in [1.29, 1.82) is 0 Å². The molecule has 0 atom stereocenters. The first-order chi connectivity index (χ1) is 12.5. The van der Waals surface area contributed by atoms with Crippen molar-refractivity contribution < 1.29 is 9.47 Å². The van der Waals surface area contributed by atoms with Crippen molar-refractivity contribution in [1.82, 2.24) is 0 Å². The van der Waals surface area contributed by atoms with Gasteiger partial charge in [0.2, 0.25) is 0 Å². The molecule has 0 saturated heterocycles. The van der Waals surface area contributed by atoms with Gasteiger partial charge in [0.15, 0.2) is 0 Å². The average molecular weight is 427 g/mol. The molecule has 0 saturated carbocycles. The first-order valence-corrected chi connectivity index (χ1v) is 11.6. The summed E-state index contributed by atoms with van der Waals surface area (Å²) < 4.78 is 11.9. The minimum absolute atomic E-state index is 0.790. The summed E-state index contributed by atoms with van der Waals surface area (Å²) in [4.78, 5) is 0. The van der Waals surface area contributed by atoms with Gasteiger partial charge in [-0.1, -0.05) is 82.1 Å². The number of unbranched alkanes of at least 4 members (excludes halogenated alkanes) is 4. The molecule has 150 valence electrons. The fourth-order valence-corrected chi connectivity index (χ4v) is 3.24. The molecule has 0 fully saturated rings. The second-order valence-corrected chi connectivity index (χ2v) is 8.69. The van der Waals surface area contributed by atoms with Gasteiger partial charge in [-0.15, -0.1) is 0 Å². The molecule has 0 aliphatic heterocycles. The van der Waals surface area contributed by atoms with Crippen LogP contribution in [0.4, 0.5) is 0 Å². The smallest absolute Gasteiger partial charge is 0.123 e.